The molecule has 0 spiro atoms. The van der Waals surface area contributed by atoms with Crippen molar-refractivity contribution in [3.05, 3.63) is 60.8 Å². The van der Waals surface area contributed by atoms with Crippen LogP contribution in [0.25, 0.3) is 0 Å². The first kappa shape index (κ1) is 20.6. The van der Waals surface area contributed by atoms with Gasteiger partial charge in [-0.15, -0.1) is 0 Å². The minimum Gasteiger partial charge on any atom is -0.355 e. The minimum absolute atomic E-state index is 0.0109. The van der Waals surface area contributed by atoms with E-state index in [1.807, 2.05) is 43.3 Å². The van der Waals surface area contributed by atoms with Crippen molar-refractivity contribution in [2.24, 2.45) is 0 Å². The van der Waals surface area contributed by atoms with Gasteiger partial charge in [-0.05, 0) is 75.1 Å². The Morgan fingerprint density at radius 3 is 2.34 bits per heavy atom. The van der Waals surface area contributed by atoms with Crippen molar-refractivity contribution in [2.75, 3.05) is 15.1 Å². The molecule has 2 N–H and O–H groups in total. The van der Waals surface area contributed by atoms with Gasteiger partial charge in [-0.2, -0.15) is 0 Å². The Morgan fingerprint density at radius 1 is 1.00 bits per heavy atom. The molecule has 6 heteroatoms. The summed E-state index contributed by atoms with van der Waals surface area (Å²) in [6.45, 7) is 5.85. The number of nitrogens with one attached hydrogen (secondary N) is 2. The standard InChI is InChI=1S/C26H30N4O2/c1-3-29-23-15-14-21(16-24(23)30(17(2)26(29)32)22-6-4-5-7-22)27-19-10-8-18(9-11-19)25(31)28-20-12-13-20/h3,8-11,14-17,20,22,27H,1,4-7,12-13H2,2H3,(H,28,31). The van der Waals surface area contributed by atoms with Crippen LogP contribution < -0.4 is 20.4 Å². The van der Waals surface area contributed by atoms with Crippen LogP contribution >= 0.6 is 0 Å². The van der Waals surface area contributed by atoms with Crippen LogP contribution in [-0.4, -0.2) is 29.9 Å². The molecule has 1 aliphatic heterocycles. The van der Waals surface area contributed by atoms with E-state index in [-0.39, 0.29) is 17.9 Å². The quantitative estimate of drug-likeness (QED) is 0.681. The molecule has 1 atom stereocenters. The number of hydrogen-bond acceptors (Lipinski definition) is 4. The monoisotopic (exact) mass is 430 g/mol. The van der Waals surface area contributed by atoms with Gasteiger partial charge in [0.25, 0.3) is 11.8 Å². The lowest BCUT2D eigenvalue weighted by atomic mass is 10.0. The number of carbonyl (C=O) groups excluding carboxylic acids is 2. The Hall–Kier alpha value is -3.28. The van der Waals surface area contributed by atoms with Crippen molar-refractivity contribution in [3.63, 3.8) is 0 Å². The number of amides is 2. The van der Waals surface area contributed by atoms with Crippen LogP contribution in [0.4, 0.5) is 22.7 Å². The summed E-state index contributed by atoms with van der Waals surface area (Å²) in [4.78, 5) is 29.2. The summed E-state index contributed by atoms with van der Waals surface area (Å²) >= 11 is 0. The van der Waals surface area contributed by atoms with E-state index in [1.165, 1.54) is 12.8 Å². The van der Waals surface area contributed by atoms with Gasteiger partial charge in [-0.25, -0.2) is 0 Å². The molecular weight excluding hydrogens is 400 g/mol. The average Bonchev–Trinajstić information content (AvgIpc) is 3.45. The molecule has 166 valence electrons. The molecule has 32 heavy (non-hydrogen) atoms. The zero-order chi connectivity index (χ0) is 22.2. The molecule has 2 aromatic rings. The Balaban J connectivity index is 1.40. The molecule has 0 radical (unpaired) electrons. The van der Waals surface area contributed by atoms with Crippen LogP contribution in [0.1, 0.15) is 55.8 Å². The number of anilines is 4. The number of benzene rings is 2. The van der Waals surface area contributed by atoms with Crippen molar-refractivity contribution in [2.45, 2.75) is 63.6 Å². The normalized spacial score (nSPS) is 20.8. The fraction of sp³-hybridized carbons (Fsp3) is 0.385. The zero-order valence-electron chi connectivity index (χ0n) is 18.5. The third kappa shape index (κ3) is 3.85. The average molecular weight is 431 g/mol. The molecule has 2 aliphatic carbocycles. The van der Waals surface area contributed by atoms with Gasteiger partial charge in [0.2, 0.25) is 0 Å². The number of rotatable bonds is 6. The van der Waals surface area contributed by atoms with E-state index in [9.17, 15) is 9.59 Å². The fourth-order valence-corrected chi connectivity index (χ4v) is 4.91. The lowest BCUT2D eigenvalue weighted by Gasteiger charge is -2.44. The largest absolute Gasteiger partial charge is 0.355 e. The van der Waals surface area contributed by atoms with Gasteiger partial charge < -0.3 is 15.5 Å². The molecule has 3 aliphatic rings. The molecule has 6 nitrogen and oxygen atoms in total. The third-order valence-electron chi connectivity index (χ3n) is 6.77. The topological polar surface area (TPSA) is 64.7 Å². The molecule has 2 saturated carbocycles. The van der Waals surface area contributed by atoms with Gasteiger partial charge in [0.15, 0.2) is 0 Å². The van der Waals surface area contributed by atoms with E-state index < -0.39 is 0 Å². The zero-order valence-corrected chi connectivity index (χ0v) is 18.5. The Bertz CT molecular complexity index is 1040. The van der Waals surface area contributed by atoms with E-state index in [0.717, 1.165) is 48.4 Å². The number of carbonyl (C=O) groups is 2. The van der Waals surface area contributed by atoms with Gasteiger partial charge in [0.05, 0.1) is 11.4 Å². The highest BCUT2D eigenvalue weighted by atomic mass is 16.2. The smallest absolute Gasteiger partial charge is 0.253 e. The number of nitrogens with zero attached hydrogens (tertiary/aromatic N) is 2. The van der Waals surface area contributed by atoms with Crippen molar-refractivity contribution in [1.29, 1.82) is 0 Å². The van der Waals surface area contributed by atoms with Crippen molar-refractivity contribution in [3.8, 4) is 0 Å². The first-order valence-corrected chi connectivity index (χ1v) is 11.6. The summed E-state index contributed by atoms with van der Waals surface area (Å²) in [6, 6.07) is 14.2. The highest BCUT2D eigenvalue weighted by molar-refractivity contribution is 6.07. The highest BCUT2D eigenvalue weighted by Gasteiger charge is 2.38. The van der Waals surface area contributed by atoms with Gasteiger partial charge >= 0.3 is 0 Å². The van der Waals surface area contributed by atoms with Crippen LogP contribution in [0.5, 0.6) is 0 Å². The third-order valence-corrected chi connectivity index (χ3v) is 6.77. The lowest BCUT2D eigenvalue weighted by Crippen LogP contribution is -2.53. The van der Waals surface area contributed by atoms with E-state index in [1.54, 1.807) is 11.1 Å². The van der Waals surface area contributed by atoms with Crippen LogP contribution in [0.15, 0.2) is 55.2 Å². The summed E-state index contributed by atoms with van der Waals surface area (Å²) in [6.07, 6.45) is 8.43. The lowest BCUT2D eigenvalue weighted by molar-refractivity contribution is -0.119. The molecular formula is C26H30N4O2. The van der Waals surface area contributed by atoms with Gasteiger partial charge in [0, 0.05) is 35.2 Å². The molecule has 5 rings (SSSR count). The maximum Gasteiger partial charge on any atom is 0.253 e. The summed E-state index contributed by atoms with van der Waals surface area (Å²) in [7, 11) is 0. The van der Waals surface area contributed by atoms with Crippen LogP contribution in [-0.2, 0) is 4.79 Å². The molecule has 0 aromatic heterocycles. The summed E-state index contributed by atoms with van der Waals surface area (Å²) in [5.41, 5.74) is 4.49. The Labute approximate surface area is 189 Å². The van der Waals surface area contributed by atoms with E-state index in [4.69, 9.17) is 0 Å². The highest BCUT2D eigenvalue weighted by Crippen LogP contribution is 2.42. The summed E-state index contributed by atoms with van der Waals surface area (Å²) < 4.78 is 0. The van der Waals surface area contributed by atoms with Crippen molar-refractivity contribution in [1.82, 2.24) is 5.32 Å². The first-order valence-electron chi connectivity index (χ1n) is 11.6. The molecule has 1 unspecified atom stereocenters. The molecule has 1 heterocycles. The van der Waals surface area contributed by atoms with Gasteiger partial charge in [-0.3, -0.25) is 14.5 Å². The van der Waals surface area contributed by atoms with Crippen molar-refractivity contribution >= 4 is 34.6 Å². The predicted molar refractivity (Wildman–Crippen MR) is 129 cm³/mol. The van der Waals surface area contributed by atoms with Crippen molar-refractivity contribution < 1.29 is 9.59 Å². The molecule has 0 saturated heterocycles. The first-order chi connectivity index (χ1) is 15.5. The molecule has 0 bridgehead atoms. The number of fused-ring (bicyclic) bond motifs is 1. The number of hydrogen-bond donors (Lipinski definition) is 2. The van der Waals surface area contributed by atoms with E-state index in [2.05, 4.69) is 28.2 Å². The fourth-order valence-electron chi connectivity index (χ4n) is 4.91. The maximum absolute atomic E-state index is 13.0. The summed E-state index contributed by atoms with van der Waals surface area (Å²) in [5.74, 6) is 0.0587. The van der Waals surface area contributed by atoms with E-state index in [0.29, 0.717) is 17.6 Å². The minimum atomic E-state index is -0.219. The molecule has 2 amide bonds. The molecule has 2 fully saturated rings. The molecule has 2 aromatic carbocycles. The second-order valence-corrected chi connectivity index (χ2v) is 9.07. The van der Waals surface area contributed by atoms with Crippen LogP contribution in [0.2, 0.25) is 0 Å². The Kier molecular flexibility index (Phi) is 5.37. The second-order valence-electron chi connectivity index (χ2n) is 9.07. The van der Waals surface area contributed by atoms with Gasteiger partial charge in [0.1, 0.15) is 6.04 Å². The predicted octanol–water partition coefficient (Wildman–Crippen LogP) is 4.95. The second kappa shape index (κ2) is 8.34. The Morgan fingerprint density at radius 2 is 1.69 bits per heavy atom. The SMILES string of the molecule is C=CN1C(=O)C(C)N(C2CCCC2)c2cc(Nc3ccc(C(=O)NC4CC4)cc3)ccc21. The van der Waals surface area contributed by atoms with E-state index >= 15 is 0 Å². The van der Waals surface area contributed by atoms with Crippen LogP contribution in [0.3, 0.4) is 0 Å². The van der Waals surface area contributed by atoms with Crippen LogP contribution in [0, 0.1) is 0 Å². The van der Waals surface area contributed by atoms with Gasteiger partial charge in [-0.1, -0.05) is 19.4 Å². The maximum atomic E-state index is 13.0. The summed E-state index contributed by atoms with van der Waals surface area (Å²) in [5, 5.41) is 6.47.